The zero-order chi connectivity index (χ0) is 14.1. The molecule has 2 aromatic rings. The summed E-state index contributed by atoms with van der Waals surface area (Å²) >= 11 is 3.56. The third-order valence-corrected chi connectivity index (χ3v) is 4.06. The van der Waals surface area contributed by atoms with E-state index in [4.69, 9.17) is 5.73 Å². The van der Waals surface area contributed by atoms with Crippen molar-refractivity contribution in [1.82, 2.24) is 14.8 Å². The normalized spacial score (nSPS) is 16.1. The number of rotatable bonds is 3. The molecule has 0 fully saturated rings. The maximum Gasteiger partial charge on any atom is 0.152 e. The first-order valence-electron chi connectivity index (χ1n) is 6.79. The number of hydrogen-bond acceptors (Lipinski definition) is 4. The number of hydrogen-bond donors (Lipinski definition) is 1. The van der Waals surface area contributed by atoms with Crippen molar-refractivity contribution in [2.75, 3.05) is 11.4 Å². The van der Waals surface area contributed by atoms with Crippen molar-refractivity contribution < 1.29 is 0 Å². The Hall–Kier alpha value is -1.40. The van der Waals surface area contributed by atoms with Gasteiger partial charge >= 0.3 is 0 Å². The van der Waals surface area contributed by atoms with Gasteiger partial charge in [-0.05, 0) is 31.0 Å². The minimum Gasteiger partial charge on any atom is -0.362 e. The lowest BCUT2D eigenvalue weighted by Gasteiger charge is -2.31. The average Bonchev–Trinajstić information content (AvgIpc) is 2.87. The van der Waals surface area contributed by atoms with Crippen LogP contribution >= 0.6 is 15.9 Å². The SMILES string of the molecule is CC(N)Cc1ccc(Br)cc1N1CCn2cnnc2C1. The van der Waals surface area contributed by atoms with E-state index < -0.39 is 0 Å². The molecule has 1 aliphatic rings. The second-order valence-corrected chi connectivity index (χ2v) is 6.23. The van der Waals surface area contributed by atoms with Crippen molar-refractivity contribution in [3.8, 4) is 0 Å². The third kappa shape index (κ3) is 2.71. The van der Waals surface area contributed by atoms with E-state index in [-0.39, 0.29) is 6.04 Å². The summed E-state index contributed by atoms with van der Waals surface area (Å²) in [6, 6.07) is 6.56. The molecule has 1 atom stereocenters. The van der Waals surface area contributed by atoms with Gasteiger partial charge in [-0.25, -0.2) is 0 Å². The first kappa shape index (κ1) is 13.6. The standard InChI is InChI=1S/C14H18BrN5/c1-10(16)6-11-2-3-12(15)7-13(11)19-4-5-20-9-17-18-14(20)8-19/h2-3,7,9-10H,4-6,8,16H2,1H3. The predicted octanol–water partition coefficient (Wildman–Crippen LogP) is 1.95. The molecule has 1 aliphatic heterocycles. The number of benzene rings is 1. The molecular formula is C14H18BrN5. The van der Waals surface area contributed by atoms with E-state index in [0.717, 1.165) is 36.4 Å². The summed E-state index contributed by atoms with van der Waals surface area (Å²) in [5.41, 5.74) is 8.49. The van der Waals surface area contributed by atoms with Crippen LogP contribution in [0.25, 0.3) is 0 Å². The fourth-order valence-electron chi connectivity index (χ4n) is 2.62. The second kappa shape index (κ2) is 5.54. The molecule has 0 spiro atoms. The Morgan fingerprint density at radius 2 is 2.25 bits per heavy atom. The maximum atomic E-state index is 5.96. The Balaban J connectivity index is 1.91. The van der Waals surface area contributed by atoms with Gasteiger partial charge in [-0.15, -0.1) is 10.2 Å². The monoisotopic (exact) mass is 335 g/mol. The first-order valence-corrected chi connectivity index (χ1v) is 7.58. The number of aromatic nitrogens is 3. The molecule has 6 heteroatoms. The van der Waals surface area contributed by atoms with Crippen LogP contribution in [0, 0.1) is 0 Å². The molecule has 0 radical (unpaired) electrons. The molecule has 1 aromatic heterocycles. The molecule has 3 rings (SSSR count). The van der Waals surface area contributed by atoms with Gasteiger partial charge in [-0.1, -0.05) is 22.0 Å². The number of fused-ring (bicyclic) bond motifs is 1. The van der Waals surface area contributed by atoms with E-state index in [2.05, 4.69) is 53.8 Å². The second-order valence-electron chi connectivity index (χ2n) is 5.32. The summed E-state index contributed by atoms with van der Waals surface area (Å²) in [5.74, 6) is 1.02. The summed E-state index contributed by atoms with van der Waals surface area (Å²) in [6.07, 6.45) is 2.68. The number of halogens is 1. The van der Waals surface area contributed by atoms with Gasteiger partial charge in [0.25, 0.3) is 0 Å². The molecule has 2 N–H and O–H groups in total. The van der Waals surface area contributed by atoms with Crippen molar-refractivity contribution >= 4 is 21.6 Å². The Labute approximate surface area is 126 Å². The van der Waals surface area contributed by atoms with Crippen LogP contribution in [0.4, 0.5) is 5.69 Å². The van der Waals surface area contributed by atoms with Crippen LogP contribution < -0.4 is 10.6 Å². The Morgan fingerprint density at radius 3 is 3.05 bits per heavy atom. The fraction of sp³-hybridized carbons (Fsp3) is 0.429. The van der Waals surface area contributed by atoms with Gasteiger partial charge in [0, 0.05) is 29.3 Å². The zero-order valence-corrected chi connectivity index (χ0v) is 13.0. The third-order valence-electron chi connectivity index (χ3n) is 3.57. The van der Waals surface area contributed by atoms with Crippen LogP contribution in [0.15, 0.2) is 29.0 Å². The van der Waals surface area contributed by atoms with Gasteiger partial charge < -0.3 is 15.2 Å². The lowest BCUT2D eigenvalue weighted by Crippen LogP contribution is -2.34. The van der Waals surface area contributed by atoms with E-state index >= 15 is 0 Å². The Morgan fingerprint density at radius 1 is 1.40 bits per heavy atom. The number of nitrogens with zero attached hydrogens (tertiary/aromatic N) is 4. The lowest BCUT2D eigenvalue weighted by molar-refractivity contribution is 0.558. The highest BCUT2D eigenvalue weighted by molar-refractivity contribution is 9.10. The van der Waals surface area contributed by atoms with E-state index in [1.165, 1.54) is 11.3 Å². The van der Waals surface area contributed by atoms with Crippen molar-refractivity contribution in [1.29, 1.82) is 0 Å². The molecule has 0 amide bonds. The molecular weight excluding hydrogens is 318 g/mol. The van der Waals surface area contributed by atoms with Gasteiger partial charge in [-0.2, -0.15) is 0 Å². The van der Waals surface area contributed by atoms with Gasteiger partial charge in [0.15, 0.2) is 5.82 Å². The van der Waals surface area contributed by atoms with Gasteiger partial charge in [0.1, 0.15) is 6.33 Å². The minimum atomic E-state index is 0.156. The van der Waals surface area contributed by atoms with Crippen molar-refractivity contribution in [3.63, 3.8) is 0 Å². The van der Waals surface area contributed by atoms with Gasteiger partial charge in [0.2, 0.25) is 0 Å². The van der Waals surface area contributed by atoms with Crippen molar-refractivity contribution in [3.05, 3.63) is 40.4 Å². The fourth-order valence-corrected chi connectivity index (χ4v) is 2.97. The Kier molecular flexibility index (Phi) is 3.76. The smallest absolute Gasteiger partial charge is 0.152 e. The molecule has 1 aromatic carbocycles. The van der Waals surface area contributed by atoms with Crippen LogP contribution in [0.5, 0.6) is 0 Å². The predicted molar refractivity (Wildman–Crippen MR) is 82.6 cm³/mol. The van der Waals surface area contributed by atoms with Crippen molar-refractivity contribution in [2.24, 2.45) is 5.73 Å². The van der Waals surface area contributed by atoms with E-state index in [0.29, 0.717) is 0 Å². The highest BCUT2D eigenvalue weighted by Gasteiger charge is 2.20. The topological polar surface area (TPSA) is 60.0 Å². The largest absolute Gasteiger partial charge is 0.362 e. The lowest BCUT2D eigenvalue weighted by atomic mass is 10.0. The van der Waals surface area contributed by atoms with E-state index in [9.17, 15) is 0 Å². The van der Waals surface area contributed by atoms with Gasteiger partial charge in [0.05, 0.1) is 6.54 Å². The molecule has 5 nitrogen and oxygen atoms in total. The molecule has 20 heavy (non-hydrogen) atoms. The summed E-state index contributed by atoms with van der Waals surface area (Å²) in [6.45, 7) is 4.72. The summed E-state index contributed by atoms with van der Waals surface area (Å²) < 4.78 is 3.20. The zero-order valence-electron chi connectivity index (χ0n) is 11.5. The Bertz CT molecular complexity index is 607. The van der Waals surface area contributed by atoms with Gasteiger partial charge in [-0.3, -0.25) is 0 Å². The molecule has 2 heterocycles. The van der Waals surface area contributed by atoms with Crippen LogP contribution in [0.2, 0.25) is 0 Å². The molecule has 106 valence electrons. The highest BCUT2D eigenvalue weighted by atomic mass is 79.9. The van der Waals surface area contributed by atoms with E-state index in [1.807, 2.05) is 6.92 Å². The highest BCUT2D eigenvalue weighted by Crippen LogP contribution is 2.28. The summed E-state index contributed by atoms with van der Waals surface area (Å²) in [4.78, 5) is 2.35. The quantitative estimate of drug-likeness (QED) is 0.931. The first-order chi connectivity index (χ1) is 9.63. The van der Waals surface area contributed by atoms with Crippen LogP contribution in [0.1, 0.15) is 18.3 Å². The van der Waals surface area contributed by atoms with Crippen LogP contribution in [-0.4, -0.2) is 27.4 Å². The minimum absolute atomic E-state index is 0.156. The molecule has 1 unspecified atom stereocenters. The molecule has 0 saturated heterocycles. The van der Waals surface area contributed by atoms with E-state index in [1.54, 1.807) is 6.33 Å². The molecule has 0 aliphatic carbocycles. The van der Waals surface area contributed by atoms with Crippen LogP contribution in [-0.2, 0) is 19.5 Å². The molecule has 0 bridgehead atoms. The van der Waals surface area contributed by atoms with Crippen LogP contribution in [0.3, 0.4) is 0 Å². The maximum absolute atomic E-state index is 5.96. The number of nitrogens with two attached hydrogens (primary N) is 1. The number of anilines is 1. The van der Waals surface area contributed by atoms with Crippen molar-refractivity contribution in [2.45, 2.75) is 32.5 Å². The summed E-state index contributed by atoms with van der Waals surface area (Å²) in [5, 5.41) is 8.16. The molecule has 0 saturated carbocycles. The summed E-state index contributed by atoms with van der Waals surface area (Å²) in [7, 11) is 0. The average molecular weight is 336 g/mol.